The summed E-state index contributed by atoms with van der Waals surface area (Å²) in [7, 11) is 1.57. The molecular formula is C28H20ClF2N9O. The van der Waals surface area contributed by atoms with Gasteiger partial charge in [-0.1, -0.05) is 29.8 Å². The van der Waals surface area contributed by atoms with Gasteiger partial charge in [0.25, 0.3) is 5.56 Å². The van der Waals surface area contributed by atoms with Gasteiger partial charge in [-0.05, 0) is 46.3 Å². The highest BCUT2D eigenvalue weighted by Crippen LogP contribution is 2.34. The second-order valence-electron chi connectivity index (χ2n) is 9.24. The minimum atomic E-state index is -0.628. The number of nitrogens with zero attached hydrogens (tertiary/aromatic N) is 9. The maximum absolute atomic E-state index is 15.3. The van der Waals surface area contributed by atoms with Crippen LogP contribution in [-0.4, -0.2) is 44.8 Å². The number of hydrogen-bond acceptors (Lipinski definition) is 7. The lowest BCUT2D eigenvalue weighted by atomic mass is 10.0. The van der Waals surface area contributed by atoms with Crippen LogP contribution in [0.5, 0.6) is 0 Å². The van der Waals surface area contributed by atoms with Crippen LogP contribution in [0.25, 0.3) is 27.9 Å². The van der Waals surface area contributed by atoms with E-state index in [1.54, 1.807) is 66.8 Å². The van der Waals surface area contributed by atoms with E-state index >= 15 is 4.39 Å². The summed E-state index contributed by atoms with van der Waals surface area (Å²) < 4.78 is 33.2. The molecule has 10 nitrogen and oxygen atoms in total. The first-order valence-electron chi connectivity index (χ1n) is 12.4. The third-order valence-electron chi connectivity index (χ3n) is 6.65. The van der Waals surface area contributed by atoms with Crippen molar-refractivity contribution in [1.82, 2.24) is 44.8 Å². The van der Waals surface area contributed by atoms with E-state index in [9.17, 15) is 9.18 Å². The molecule has 0 aliphatic heterocycles. The molecule has 0 bridgehead atoms. The van der Waals surface area contributed by atoms with Crippen LogP contribution < -0.4 is 5.56 Å². The van der Waals surface area contributed by atoms with E-state index in [0.29, 0.717) is 34.5 Å². The van der Waals surface area contributed by atoms with Gasteiger partial charge in [0.15, 0.2) is 5.82 Å². The maximum Gasteiger partial charge on any atom is 0.267 e. The molecule has 1 atom stereocenters. The Labute approximate surface area is 236 Å². The van der Waals surface area contributed by atoms with Gasteiger partial charge in [-0.3, -0.25) is 14.5 Å². The van der Waals surface area contributed by atoms with Crippen molar-refractivity contribution in [2.75, 3.05) is 0 Å². The molecule has 0 aliphatic rings. The molecule has 0 N–H and O–H groups in total. The van der Waals surface area contributed by atoms with Crippen LogP contribution in [0.15, 0.2) is 90.5 Å². The fraction of sp³-hybridized carbons (Fsp3) is 0.107. The van der Waals surface area contributed by atoms with Gasteiger partial charge in [-0.25, -0.2) is 13.5 Å². The number of aryl methyl sites for hydroxylation is 1. The first kappa shape index (κ1) is 26.1. The average Bonchev–Trinajstić information content (AvgIpc) is 3.69. The number of tetrazole rings is 1. The van der Waals surface area contributed by atoms with Crippen molar-refractivity contribution in [1.29, 1.82) is 0 Å². The maximum atomic E-state index is 15.3. The zero-order valence-corrected chi connectivity index (χ0v) is 22.2. The van der Waals surface area contributed by atoms with Gasteiger partial charge >= 0.3 is 0 Å². The van der Waals surface area contributed by atoms with E-state index in [1.165, 1.54) is 40.0 Å². The molecule has 4 aromatic heterocycles. The van der Waals surface area contributed by atoms with Crippen molar-refractivity contribution in [3.8, 4) is 27.9 Å². The Kier molecular flexibility index (Phi) is 6.89. The van der Waals surface area contributed by atoms with Crippen molar-refractivity contribution in [2.45, 2.75) is 12.5 Å². The number of hydrogen-bond donors (Lipinski definition) is 0. The molecule has 0 aliphatic carbocycles. The summed E-state index contributed by atoms with van der Waals surface area (Å²) in [6.07, 6.45) is 8.37. The lowest BCUT2D eigenvalue weighted by molar-refractivity contribution is 0.508. The Balaban J connectivity index is 1.40. The van der Waals surface area contributed by atoms with Gasteiger partial charge in [-0.2, -0.15) is 14.9 Å². The van der Waals surface area contributed by atoms with Gasteiger partial charge in [0.05, 0.1) is 34.8 Å². The second-order valence-corrected chi connectivity index (χ2v) is 9.65. The molecule has 0 saturated heterocycles. The molecule has 0 spiro atoms. The molecule has 0 amide bonds. The van der Waals surface area contributed by atoms with Crippen molar-refractivity contribution in [3.63, 3.8) is 0 Å². The third-order valence-corrected chi connectivity index (χ3v) is 6.94. The normalized spacial score (nSPS) is 12.0. The molecule has 0 saturated carbocycles. The minimum Gasteiger partial charge on any atom is -0.268 e. The van der Waals surface area contributed by atoms with Crippen LogP contribution in [0, 0.1) is 11.6 Å². The highest BCUT2D eigenvalue weighted by molar-refractivity contribution is 6.31. The van der Waals surface area contributed by atoms with E-state index in [1.807, 2.05) is 0 Å². The molecular weight excluding hydrogens is 552 g/mol. The first-order chi connectivity index (χ1) is 19.9. The Bertz CT molecular complexity index is 1890. The van der Waals surface area contributed by atoms with Crippen molar-refractivity contribution >= 4 is 11.6 Å². The molecule has 0 fully saturated rings. The quantitative estimate of drug-likeness (QED) is 0.278. The van der Waals surface area contributed by atoms with E-state index in [4.69, 9.17) is 11.6 Å². The predicted octanol–water partition coefficient (Wildman–Crippen LogP) is 4.45. The van der Waals surface area contributed by atoms with Gasteiger partial charge in [0.1, 0.15) is 12.1 Å². The molecule has 6 aromatic rings. The van der Waals surface area contributed by atoms with E-state index in [-0.39, 0.29) is 22.0 Å². The zero-order valence-electron chi connectivity index (χ0n) is 21.4. The molecule has 4 heterocycles. The van der Waals surface area contributed by atoms with Gasteiger partial charge < -0.3 is 0 Å². The van der Waals surface area contributed by atoms with Gasteiger partial charge in [0, 0.05) is 54.2 Å². The van der Waals surface area contributed by atoms with Gasteiger partial charge in [0.2, 0.25) is 0 Å². The smallest absolute Gasteiger partial charge is 0.267 e. The lowest BCUT2D eigenvalue weighted by Gasteiger charge is -2.18. The molecule has 13 heteroatoms. The summed E-state index contributed by atoms with van der Waals surface area (Å²) in [5.41, 5.74) is 3.61. The topological polar surface area (TPSA) is 109 Å². The van der Waals surface area contributed by atoms with Gasteiger partial charge in [-0.15, -0.1) is 5.10 Å². The summed E-state index contributed by atoms with van der Waals surface area (Å²) in [5.74, 6) is -0.967. The molecule has 6 rings (SSSR count). The van der Waals surface area contributed by atoms with E-state index < -0.39 is 11.9 Å². The number of rotatable bonds is 7. The average molecular weight is 572 g/mol. The minimum absolute atomic E-state index is 0.0515. The largest absolute Gasteiger partial charge is 0.268 e. The lowest BCUT2D eigenvalue weighted by Crippen LogP contribution is -2.17. The molecule has 204 valence electrons. The van der Waals surface area contributed by atoms with Crippen LogP contribution in [0.3, 0.4) is 0 Å². The summed E-state index contributed by atoms with van der Waals surface area (Å²) in [6, 6.07) is 13.8. The van der Waals surface area contributed by atoms with Crippen molar-refractivity contribution in [2.24, 2.45) is 7.05 Å². The summed E-state index contributed by atoms with van der Waals surface area (Å²) >= 11 is 6.11. The Morgan fingerprint density at radius 2 is 1.73 bits per heavy atom. The molecule has 1 unspecified atom stereocenters. The van der Waals surface area contributed by atoms with Crippen LogP contribution in [0.2, 0.25) is 5.02 Å². The number of pyridine rings is 1. The monoisotopic (exact) mass is 571 g/mol. The van der Waals surface area contributed by atoms with E-state index in [2.05, 4.69) is 30.7 Å². The number of halogens is 3. The standard InChI is InChI=1S/C28H20ClF2N9O/c1-38-26(41)11-19(13-34-38)20-14-35-39(15-20)25(10-17-2-5-21(30)6-3-17)23-8-4-18(12-32-23)27-24(40-16-33-36-37-40)9-7-22(29)28(27)31/h2-9,11-16,25H,10H2,1H3. The number of aromatic nitrogens is 9. The molecule has 2 aromatic carbocycles. The van der Waals surface area contributed by atoms with Crippen LogP contribution >= 0.6 is 11.6 Å². The van der Waals surface area contributed by atoms with E-state index in [0.717, 1.165) is 5.56 Å². The highest BCUT2D eigenvalue weighted by atomic mass is 35.5. The second kappa shape index (κ2) is 10.8. The van der Waals surface area contributed by atoms with Crippen LogP contribution in [0.4, 0.5) is 8.78 Å². The zero-order chi connectivity index (χ0) is 28.5. The SMILES string of the molecule is Cn1ncc(-c2cnn(C(Cc3ccc(F)cc3)c3ccc(-c4c(-n5cnnn5)ccc(Cl)c4F)cn3)c2)cc1=O. The Morgan fingerprint density at radius 3 is 2.44 bits per heavy atom. The van der Waals surface area contributed by atoms with Crippen LogP contribution in [0.1, 0.15) is 17.3 Å². The fourth-order valence-electron chi connectivity index (χ4n) is 4.49. The highest BCUT2D eigenvalue weighted by Gasteiger charge is 2.21. The van der Waals surface area contributed by atoms with Crippen molar-refractivity contribution < 1.29 is 8.78 Å². The predicted molar refractivity (Wildman–Crippen MR) is 146 cm³/mol. The fourth-order valence-corrected chi connectivity index (χ4v) is 4.65. The van der Waals surface area contributed by atoms with Crippen molar-refractivity contribution in [3.05, 3.63) is 124 Å². The third kappa shape index (κ3) is 5.24. The molecule has 41 heavy (non-hydrogen) atoms. The summed E-state index contributed by atoms with van der Waals surface area (Å²) in [6.45, 7) is 0. The number of benzene rings is 2. The summed E-state index contributed by atoms with van der Waals surface area (Å²) in [4.78, 5) is 16.8. The Morgan fingerprint density at radius 1 is 0.927 bits per heavy atom. The molecule has 0 radical (unpaired) electrons. The Hall–Kier alpha value is -5.10. The summed E-state index contributed by atoms with van der Waals surface area (Å²) in [5, 5.41) is 19.7. The van der Waals surface area contributed by atoms with Crippen LogP contribution in [-0.2, 0) is 13.5 Å². The first-order valence-corrected chi connectivity index (χ1v) is 12.7.